The number of anilines is 1. The highest BCUT2D eigenvalue weighted by molar-refractivity contribution is 7.12. The van der Waals surface area contributed by atoms with E-state index < -0.39 is 0 Å². The Hall–Kier alpha value is -1.23. The second-order valence-corrected chi connectivity index (χ2v) is 5.51. The summed E-state index contributed by atoms with van der Waals surface area (Å²) in [5, 5.41) is 2.65. The molecule has 0 radical (unpaired) electrons. The van der Waals surface area contributed by atoms with E-state index in [4.69, 9.17) is 27.9 Å². The molecule has 19 heavy (non-hydrogen) atoms. The van der Waals surface area contributed by atoms with Gasteiger partial charge in [-0.05, 0) is 12.1 Å². The highest BCUT2D eigenvalue weighted by Gasteiger charge is 2.20. The number of amides is 1. The maximum absolute atomic E-state index is 12.3. The molecule has 0 bridgehead atoms. The van der Waals surface area contributed by atoms with Crippen LogP contribution in [-0.4, -0.2) is 20.1 Å². The van der Waals surface area contributed by atoms with Crippen molar-refractivity contribution in [1.82, 2.24) is 0 Å². The Bertz CT molecular complexity index is 592. The Morgan fingerprint density at radius 1 is 1.32 bits per heavy atom. The summed E-state index contributed by atoms with van der Waals surface area (Å²) in [7, 11) is 3.20. The van der Waals surface area contributed by atoms with Gasteiger partial charge >= 0.3 is 0 Å². The van der Waals surface area contributed by atoms with Crippen LogP contribution in [0.25, 0.3) is 0 Å². The van der Waals surface area contributed by atoms with Gasteiger partial charge in [0.15, 0.2) is 0 Å². The molecule has 0 fully saturated rings. The van der Waals surface area contributed by atoms with Gasteiger partial charge in [0.25, 0.3) is 5.91 Å². The molecule has 0 atom stereocenters. The molecular formula is C13H11Cl2NO2S. The van der Waals surface area contributed by atoms with Crippen LogP contribution >= 0.6 is 34.5 Å². The topological polar surface area (TPSA) is 29.5 Å². The van der Waals surface area contributed by atoms with Gasteiger partial charge in [0.1, 0.15) is 5.75 Å². The highest BCUT2D eigenvalue weighted by atomic mass is 35.5. The van der Waals surface area contributed by atoms with E-state index in [-0.39, 0.29) is 5.91 Å². The van der Waals surface area contributed by atoms with Gasteiger partial charge < -0.3 is 9.64 Å². The van der Waals surface area contributed by atoms with Crippen LogP contribution in [0.4, 0.5) is 5.69 Å². The lowest BCUT2D eigenvalue weighted by atomic mass is 10.3. The summed E-state index contributed by atoms with van der Waals surface area (Å²) in [4.78, 5) is 14.3. The first-order chi connectivity index (χ1) is 9.04. The van der Waals surface area contributed by atoms with E-state index in [2.05, 4.69) is 0 Å². The molecule has 0 saturated carbocycles. The van der Waals surface area contributed by atoms with Crippen molar-refractivity contribution in [3.63, 3.8) is 0 Å². The van der Waals surface area contributed by atoms with Crippen LogP contribution < -0.4 is 9.64 Å². The molecule has 6 heteroatoms. The Labute approximate surface area is 125 Å². The van der Waals surface area contributed by atoms with E-state index in [1.807, 2.05) is 0 Å². The van der Waals surface area contributed by atoms with Crippen LogP contribution in [0.5, 0.6) is 5.75 Å². The zero-order valence-electron chi connectivity index (χ0n) is 10.3. The van der Waals surface area contributed by atoms with Crippen molar-refractivity contribution in [3.8, 4) is 5.75 Å². The van der Waals surface area contributed by atoms with Crippen LogP contribution in [-0.2, 0) is 0 Å². The van der Waals surface area contributed by atoms with E-state index in [1.54, 1.807) is 43.8 Å². The van der Waals surface area contributed by atoms with Crippen LogP contribution in [0.3, 0.4) is 0 Å². The molecule has 0 aliphatic rings. The van der Waals surface area contributed by atoms with Gasteiger partial charge in [-0.2, -0.15) is 0 Å². The smallest absolute Gasteiger partial charge is 0.268 e. The lowest BCUT2D eigenvalue weighted by Gasteiger charge is -2.19. The number of carbonyl (C=O) groups excluding carboxylic acids is 1. The third-order valence-electron chi connectivity index (χ3n) is 2.60. The van der Waals surface area contributed by atoms with Gasteiger partial charge in [-0.25, -0.2) is 0 Å². The van der Waals surface area contributed by atoms with E-state index in [0.717, 1.165) is 0 Å². The maximum Gasteiger partial charge on any atom is 0.268 e. The number of halogens is 2. The van der Waals surface area contributed by atoms with Crippen molar-refractivity contribution < 1.29 is 9.53 Å². The zero-order valence-corrected chi connectivity index (χ0v) is 12.6. The maximum atomic E-state index is 12.3. The first kappa shape index (κ1) is 14.2. The molecule has 1 aromatic carbocycles. The Morgan fingerprint density at radius 3 is 2.47 bits per heavy atom. The van der Waals surface area contributed by atoms with Gasteiger partial charge in [0, 0.05) is 18.5 Å². The fourth-order valence-electron chi connectivity index (χ4n) is 1.61. The second kappa shape index (κ2) is 5.82. The Kier molecular flexibility index (Phi) is 4.34. The minimum atomic E-state index is -0.177. The first-order valence-corrected chi connectivity index (χ1v) is 7.02. The molecule has 0 N–H and O–H groups in total. The number of methoxy groups -OCH3 is 1. The van der Waals surface area contributed by atoms with Gasteiger partial charge in [-0.15, -0.1) is 11.3 Å². The van der Waals surface area contributed by atoms with Crippen molar-refractivity contribution in [2.45, 2.75) is 0 Å². The second-order valence-electron chi connectivity index (χ2n) is 3.79. The predicted molar refractivity (Wildman–Crippen MR) is 80.1 cm³/mol. The van der Waals surface area contributed by atoms with Gasteiger partial charge in [0.05, 0.1) is 27.7 Å². The normalized spacial score (nSPS) is 10.3. The minimum absolute atomic E-state index is 0.177. The first-order valence-electron chi connectivity index (χ1n) is 5.39. The number of carbonyl (C=O) groups is 1. The summed E-state index contributed by atoms with van der Waals surface area (Å²) in [5.74, 6) is 0.482. The number of para-hydroxylation sites is 1. The monoisotopic (exact) mass is 315 g/mol. The molecule has 2 rings (SSSR count). The van der Waals surface area contributed by atoms with Gasteiger partial charge in [-0.3, -0.25) is 4.79 Å². The average molecular weight is 316 g/mol. The molecule has 0 unspecified atom stereocenters. The number of hydrogen-bond donors (Lipinski definition) is 0. The van der Waals surface area contributed by atoms with E-state index >= 15 is 0 Å². The van der Waals surface area contributed by atoms with Crippen LogP contribution in [0.15, 0.2) is 29.6 Å². The molecule has 2 aromatic rings. The molecular weight excluding hydrogens is 305 g/mol. The largest absolute Gasteiger partial charge is 0.496 e. The SMILES string of the molecule is COc1csc(C(=O)N(C)c2c(Cl)cccc2Cl)c1. The fraction of sp³-hybridized carbons (Fsp3) is 0.154. The van der Waals surface area contributed by atoms with Crippen LogP contribution in [0, 0.1) is 0 Å². The van der Waals surface area contributed by atoms with Crippen molar-refractivity contribution in [2.24, 2.45) is 0 Å². The van der Waals surface area contributed by atoms with Crippen molar-refractivity contribution in [3.05, 3.63) is 44.6 Å². The van der Waals surface area contributed by atoms with E-state index in [9.17, 15) is 4.79 Å². The molecule has 3 nitrogen and oxygen atoms in total. The average Bonchev–Trinajstić information content (AvgIpc) is 2.86. The molecule has 100 valence electrons. The number of thiophene rings is 1. The van der Waals surface area contributed by atoms with Crippen molar-refractivity contribution >= 4 is 46.1 Å². The van der Waals surface area contributed by atoms with Crippen LogP contribution in [0.1, 0.15) is 9.67 Å². The third-order valence-corrected chi connectivity index (χ3v) is 4.11. The minimum Gasteiger partial charge on any atom is -0.496 e. The number of nitrogens with zero attached hydrogens (tertiary/aromatic N) is 1. The number of rotatable bonds is 3. The summed E-state index contributed by atoms with van der Waals surface area (Å²) in [6, 6.07) is 6.82. The molecule has 1 heterocycles. The zero-order chi connectivity index (χ0) is 14.0. The van der Waals surface area contributed by atoms with E-state index in [1.165, 1.54) is 16.2 Å². The number of ether oxygens (including phenoxy) is 1. The summed E-state index contributed by atoms with van der Waals surface area (Å²) in [6.07, 6.45) is 0. The van der Waals surface area contributed by atoms with Gasteiger partial charge in [0.2, 0.25) is 0 Å². The standard InChI is InChI=1S/C13H11Cl2NO2S/c1-16(12-9(14)4-3-5-10(12)15)13(17)11-6-8(18-2)7-19-11/h3-7H,1-2H3. The summed E-state index contributed by atoms with van der Waals surface area (Å²) in [6.45, 7) is 0. The molecule has 0 aliphatic carbocycles. The third kappa shape index (κ3) is 2.86. The Morgan fingerprint density at radius 2 is 1.95 bits per heavy atom. The van der Waals surface area contributed by atoms with Crippen molar-refractivity contribution in [2.75, 3.05) is 19.1 Å². The Balaban J connectivity index is 2.33. The molecule has 1 amide bonds. The summed E-state index contributed by atoms with van der Waals surface area (Å²) >= 11 is 13.5. The molecule has 0 saturated heterocycles. The van der Waals surface area contributed by atoms with E-state index in [0.29, 0.717) is 26.4 Å². The fourth-order valence-corrected chi connectivity index (χ4v) is 3.09. The predicted octanol–water partition coefficient (Wildman–Crippen LogP) is 4.34. The number of hydrogen-bond acceptors (Lipinski definition) is 3. The quantitative estimate of drug-likeness (QED) is 0.843. The lowest BCUT2D eigenvalue weighted by molar-refractivity contribution is 0.0996. The molecule has 0 aliphatic heterocycles. The summed E-state index contributed by atoms with van der Waals surface area (Å²) in [5.41, 5.74) is 0.503. The lowest BCUT2D eigenvalue weighted by Crippen LogP contribution is -2.26. The molecule has 1 aromatic heterocycles. The van der Waals surface area contributed by atoms with Gasteiger partial charge in [-0.1, -0.05) is 29.3 Å². The highest BCUT2D eigenvalue weighted by Crippen LogP contribution is 2.34. The van der Waals surface area contributed by atoms with Crippen molar-refractivity contribution in [1.29, 1.82) is 0 Å². The van der Waals surface area contributed by atoms with Crippen LogP contribution in [0.2, 0.25) is 10.0 Å². The number of benzene rings is 1. The summed E-state index contributed by atoms with van der Waals surface area (Å²) < 4.78 is 5.07. The molecule has 0 spiro atoms.